The molecule has 0 fully saturated rings. The molecule has 3 rings (SSSR count). The van der Waals surface area contributed by atoms with Crippen molar-refractivity contribution >= 4 is 40.8 Å². The maximum atomic E-state index is 11.5. The Hall–Kier alpha value is -2.12. The topological polar surface area (TPSA) is 57.3 Å². The van der Waals surface area contributed by atoms with Gasteiger partial charge in [-0.05, 0) is 51.9 Å². The first-order valence-corrected chi connectivity index (χ1v) is 15.1. The van der Waals surface area contributed by atoms with Gasteiger partial charge >= 0.3 is 0 Å². The van der Waals surface area contributed by atoms with Crippen molar-refractivity contribution in [2.24, 2.45) is 0 Å². The van der Waals surface area contributed by atoms with E-state index < -0.39 is 8.32 Å². The average Bonchev–Trinajstić information content (AvgIpc) is 3.13. The fourth-order valence-corrected chi connectivity index (χ4v) is 11.2. The summed E-state index contributed by atoms with van der Waals surface area (Å²) in [4.78, 5) is 11.2. The Morgan fingerprint density at radius 3 is 2.12 bits per heavy atom. The van der Waals surface area contributed by atoms with E-state index in [0.717, 1.165) is 16.8 Å². The van der Waals surface area contributed by atoms with Crippen molar-refractivity contribution in [1.29, 1.82) is 0 Å². The monoisotopic (exact) mass is 544 g/mol. The predicted octanol–water partition coefficient (Wildman–Crippen LogP) is 9.04. The molecule has 0 spiro atoms. The summed E-state index contributed by atoms with van der Waals surface area (Å²) in [6, 6.07) is 11.9. The van der Waals surface area contributed by atoms with Crippen LogP contribution in [0.5, 0.6) is 5.75 Å². The quantitative estimate of drug-likeness (QED) is 0.153. The SMILES string of the molecule is CC(C)c1cc(Cn2ccc3c([N+](=O)[O-])cc(Br)cc32)ccc1O[Si](C(C)C)(C(C)C)C(C)C. The van der Waals surface area contributed by atoms with Crippen LogP contribution in [0.25, 0.3) is 10.9 Å². The molecule has 3 aromatic rings. The highest BCUT2D eigenvalue weighted by molar-refractivity contribution is 9.10. The normalized spacial score (nSPS) is 12.5. The van der Waals surface area contributed by atoms with Crippen LogP contribution in [-0.2, 0) is 6.54 Å². The van der Waals surface area contributed by atoms with E-state index in [4.69, 9.17) is 4.43 Å². The molecule has 0 aliphatic carbocycles. The van der Waals surface area contributed by atoms with E-state index in [2.05, 4.69) is 94.1 Å². The van der Waals surface area contributed by atoms with Gasteiger partial charge in [0.05, 0.1) is 15.8 Å². The van der Waals surface area contributed by atoms with Crippen LogP contribution < -0.4 is 4.43 Å². The fourth-order valence-electron chi connectivity index (χ4n) is 5.51. The van der Waals surface area contributed by atoms with E-state index >= 15 is 0 Å². The van der Waals surface area contributed by atoms with Gasteiger partial charge in [-0.2, -0.15) is 0 Å². The van der Waals surface area contributed by atoms with E-state index in [1.807, 2.05) is 18.3 Å². The molecule has 2 aromatic carbocycles. The van der Waals surface area contributed by atoms with Crippen LogP contribution in [0.4, 0.5) is 5.69 Å². The molecule has 0 saturated carbocycles. The number of rotatable bonds is 9. The summed E-state index contributed by atoms with van der Waals surface area (Å²) < 4.78 is 9.82. The van der Waals surface area contributed by atoms with Gasteiger partial charge in [-0.1, -0.05) is 83.5 Å². The third kappa shape index (κ3) is 4.96. The molecule has 1 aromatic heterocycles. The van der Waals surface area contributed by atoms with Crippen molar-refractivity contribution < 1.29 is 9.35 Å². The molecule has 0 saturated heterocycles. The highest BCUT2D eigenvalue weighted by Crippen LogP contribution is 2.44. The summed E-state index contributed by atoms with van der Waals surface area (Å²) in [6.07, 6.45) is 1.93. The van der Waals surface area contributed by atoms with Crippen molar-refractivity contribution in [2.75, 3.05) is 0 Å². The zero-order valence-electron chi connectivity index (χ0n) is 21.6. The van der Waals surface area contributed by atoms with E-state index in [0.29, 0.717) is 38.9 Å². The molecular formula is C27H37BrN2O3Si. The van der Waals surface area contributed by atoms with Crippen molar-refractivity contribution in [3.63, 3.8) is 0 Å². The molecule has 0 aliphatic rings. The Morgan fingerprint density at radius 2 is 1.59 bits per heavy atom. The molecule has 0 amide bonds. The predicted molar refractivity (Wildman–Crippen MR) is 148 cm³/mol. The lowest BCUT2D eigenvalue weighted by atomic mass is 9.99. The Morgan fingerprint density at radius 1 is 0.971 bits per heavy atom. The summed E-state index contributed by atoms with van der Waals surface area (Å²) in [7, 11) is -2.06. The first kappa shape index (κ1) is 26.5. The Balaban J connectivity index is 2.02. The molecule has 184 valence electrons. The third-order valence-electron chi connectivity index (χ3n) is 7.07. The number of benzene rings is 2. The summed E-state index contributed by atoms with van der Waals surface area (Å²) in [5, 5.41) is 12.2. The maximum Gasteiger partial charge on any atom is 0.279 e. The van der Waals surface area contributed by atoms with Crippen LogP contribution in [0.3, 0.4) is 0 Å². The van der Waals surface area contributed by atoms with Gasteiger partial charge in [0.1, 0.15) is 5.75 Å². The van der Waals surface area contributed by atoms with Gasteiger partial charge < -0.3 is 8.99 Å². The molecule has 1 heterocycles. The molecule has 0 aliphatic heterocycles. The van der Waals surface area contributed by atoms with Gasteiger partial charge in [-0.15, -0.1) is 0 Å². The van der Waals surface area contributed by atoms with Gasteiger partial charge in [0.25, 0.3) is 14.0 Å². The van der Waals surface area contributed by atoms with Gasteiger partial charge in [-0.3, -0.25) is 10.1 Å². The van der Waals surface area contributed by atoms with Crippen molar-refractivity contribution in [3.8, 4) is 5.75 Å². The molecule has 34 heavy (non-hydrogen) atoms. The number of hydrogen-bond donors (Lipinski definition) is 0. The number of nitro groups is 1. The minimum atomic E-state index is -2.06. The summed E-state index contributed by atoms with van der Waals surface area (Å²) in [5.74, 6) is 1.34. The number of non-ortho nitro benzene ring substituents is 1. The Bertz CT molecular complexity index is 1160. The van der Waals surface area contributed by atoms with Crippen molar-refractivity contribution in [2.45, 2.75) is 84.5 Å². The third-order valence-corrected chi connectivity index (χ3v) is 13.5. The van der Waals surface area contributed by atoms with Crippen LogP contribution in [0.15, 0.2) is 47.1 Å². The van der Waals surface area contributed by atoms with E-state index in [1.54, 1.807) is 6.07 Å². The number of nitrogens with zero attached hydrogens (tertiary/aromatic N) is 2. The molecule has 5 nitrogen and oxygen atoms in total. The lowest BCUT2D eigenvalue weighted by molar-refractivity contribution is -0.383. The smallest absolute Gasteiger partial charge is 0.279 e. The lowest BCUT2D eigenvalue weighted by Crippen LogP contribution is -2.50. The molecule has 0 bridgehead atoms. The highest BCUT2D eigenvalue weighted by Gasteiger charge is 2.47. The zero-order chi connectivity index (χ0) is 25.4. The van der Waals surface area contributed by atoms with Crippen molar-refractivity contribution in [1.82, 2.24) is 4.57 Å². The second-order valence-corrected chi connectivity index (χ2v) is 16.8. The maximum absolute atomic E-state index is 11.5. The molecule has 0 N–H and O–H groups in total. The van der Waals surface area contributed by atoms with Crippen molar-refractivity contribution in [3.05, 3.63) is 68.3 Å². The second kappa shape index (κ2) is 10.2. The first-order chi connectivity index (χ1) is 15.9. The molecule has 0 unspecified atom stereocenters. The van der Waals surface area contributed by atoms with Crippen LogP contribution in [0, 0.1) is 10.1 Å². The van der Waals surface area contributed by atoms with Gasteiger partial charge in [0.15, 0.2) is 0 Å². The standard InChI is InChI=1S/C27H37BrN2O3Si/c1-17(2)24-13-21(9-10-27(24)33-34(18(3)4,19(5)6)20(7)8)16-29-12-11-23-25(29)14-22(28)15-26(23)30(31)32/h9-15,17-20H,16H2,1-8H3. The molecular weight excluding hydrogens is 508 g/mol. The van der Waals surface area contributed by atoms with Crippen LogP contribution in [-0.4, -0.2) is 17.8 Å². The molecule has 0 atom stereocenters. The van der Waals surface area contributed by atoms with Gasteiger partial charge in [-0.25, -0.2) is 0 Å². The summed E-state index contributed by atoms with van der Waals surface area (Å²) >= 11 is 3.43. The zero-order valence-corrected chi connectivity index (χ0v) is 24.1. The summed E-state index contributed by atoms with van der Waals surface area (Å²) in [6.45, 7) is 18.9. The molecule has 7 heteroatoms. The highest BCUT2D eigenvalue weighted by atomic mass is 79.9. The number of fused-ring (bicyclic) bond motifs is 1. The minimum Gasteiger partial charge on any atom is -0.542 e. The largest absolute Gasteiger partial charge is 0.542 e. The molecule has 0 radical (unpaired) electrons. The van der Waals surface area contributed by atoms with E-state index in [1.165, 1.54) is 5.56 Å². The number of nitro benzene ring substituents is 1. The second-order valence-electron chi connectivity index (χ2n) is 10.5. The first-order valence-electron chi connectivity index (χ1n) is 12.1. The Kier molecular flexibility index (Phi) is 7.98. The lowest BCUT2D eigenvalue weighted by Gasteiger charge is -2.43. The van der Waals surface area contributed by atoms with Crippen LogP contribution in [0.1, 0.15) is 72.4 Å². The summed E-state index contributed by atoms with van der Waals surface area (Å²) in [5.41, 5.74) is 4.86. The van der Waals surface area contributed by atoms with E-state index in [-0.39, 0.29) is 10.6 Å². The minimum absolute atomic E-state index is 0.118. The number of hydrogen-bond acceptors (Lipinski definition) is 3. The van der Waals surface area contributed by atoms with Gasteiger partial charge in [0, 0.05) is 23.3 Å². The van der Waals surface area contributed by atoms with Crippen LogP contribution in [0.2, 0.25) is 16.6 Å². The average molecular weight is 546 g/mol. The Labute approximate surface area is 212 Å². The number of halogens is 1. The fraction of sp³-hybridized carbons (Fsp3) is 0.481. The van der Waals surface area contributed by atoms with Crippen LogP contribution >= 0.6 is 15.9 Å². The van der Waals surface area contributed by atoms with Gasteiger partial charge in [0.2, 0.25) is 0 Å². The van der Waals surface area contributed by atoms with E-state index in [9.17, 15) is 10.1 Å². The number of aromatic nitrogens is 1.